The number of rotatable bonds is 3. The van der Waals surface area contributed by atoms with Crippen molar-refractivity contribution >= 4 is 34.4 Å². The third kappa shape index (κ3) is 3.52. The highest BCUT2D eigenvalue weighted by Gasteiger charge is 2.17. The molecule has 3 nitrogen and oxygen atoms in total. The molecule has 0 fully saturated rings. The molecule has 0 aliphatic rings. The highest BCUT2D eigenvalue weighted by Crippen LogP contribution is 2.32. The van der Waals surface area contributed by atoms with Gasteiger partial charge in [-0.1, -0.05) is 87.5 Å². The van der Waals surface area contributed by atoms with Crippen molar-refractivity contribution in [2.45, 2.75) is 26.2 Å². The van der Waals surface area contributed by atoms with Crippen LogP contribution in [0.1, 0.15) is 26.3 Å². The van der Waals surface area contributed by atoms with Gasteiger partial charge in [0.15, 0.2) is 0 Å². The lowest BCUT2D eigenvalue weighted by atomic mass is 9.80. The van der Waals surface area contributed by atoms with Crippen molar-refractivity contribution in [1.29, 1.82) is 0 Å². The third-order valence-electron chi connectivity index (χ3n) is 6.20. The Balaban J connectivity index is 1.60. The minimum Gasteiger partial charge on any atom is -0.423 e. The quantitative estimate of drug-likeness (QED) is 0.383. The molecule has 5 rings (SSSR count). The van der Waals surface area contributed by atoms with Crippen molar-refractivity contribution in [2.24, 2.45) is 0 Å². The summed E-state index contributed by atoms with van der Waals surface area (Å²) in [6.07, 6.45) is 0. The maximum Gasteiger partial charge on any atom is 0.488 e. The van der Waals surface area contributed by atoms with Crippen molar-refractivity contribution in [3.05, 3.63) is 96.6 Å². The van der Waals surface area contributed by atoms with E-state index in [2.05, 4.69) is 86.0 Å². The Morgan fingerprint density at radius 2 is 1.25 bits per heavy atom. The first-order valence-electron chi connectivity index (χ1n) is 10.9. The summed E-state index contributed by atoms with van der Waals surface area (Å²) in [6, 6.07) is 31.2. The molecule has 0 bridgehead atoms. The Morgan fingerprint density at radius 3 is 1.88 bits per heavy atom. The highest BCUT2D eigenvalue weighted by atomic mass is 16.4. The van der Waals surface area contributed by atoms with Crippen molar-refractivity contribution in [2.75, 3.05) is 0 Å². The number of hydrogen-bond donors (Lipinski definition) is 2. The minimum atomic E-state index is -1.48. The maximum atomic E-state index is 9.63. The van der Waals surface area contributed by atoms with Crippen LogP contribution >= 0.6 is 0 Å². The minimum absolute atomic E-state index is 0.144. The van der Waals surface area contributed by atoms with Crippen LogP contribution in [0.5, 0.6) is 0 Å². The van der Waals surface area contributed by atoms with Crippen LogP contribution in [0.2, 0.25) is 0 Å². The summed E-state index contributed by atoms with van der Waals surface area (Å²) in [5, 5.41) is 21.4. The summed E-state index contributed by atoms with van der Waals surface area (Å²) in [5.41, 5.74) is 7.56. The molecule has 0 saturated carbocycles. The molecule has 0 atom stereocenters. The molecule has 0 spiro atoms. The number of aromatic nitrogens is 1. The van der Waals surface area contributed by atoms with Crippen LogP contribution in [-0.4, -0.2) is 21.7 Å². The van der Waals surface area contributed by atoms with E-state index in [0.717, 1.165) is 27.5 Å². The van der Waals surface area contributed by atoms with Gasteiger partial charge < -0.3 is 14.6 Å². The van der Waals surface area contributed by atoms with Gasteiger partial charge >= 0.3 is 7.12 Å². The Morgan fingerprint density at radius 1 is 0.656 bits per heavy atom. The monoisotopic (exact) mass is 419 g/mol. The molecule has 0 aliphatic carbocycles. The lowest BCUT2D eigenvalue weighted by Crippen LogP contribution is -2.29. The lowest BCUT2D eigenvalue weighted by molar-refractivity contribution is 0.426. The summed E-state index contributed by atoms with van der Waals surface area (Å²) in [6.45, 7) is 6.69. The molecule has 158 valence electrons. The number of hydrogen-bond acceptors (Lipinski definition) is 2. The Kier molecular flexibility index (Phi) is 4.92. The molecule has 1 aromatic heterocycles. The molecular formula is C28H26BNO2. The van der Waals surface area contributed by atoms with Gasteiger partial charge in [-0.2, -0.15) is 0 Å². The maximum absolute atomic E-state index is 9.63. The van der Waals surface area contributed by atoms with E-state index in [1.165, 1.54) is 16.7 Å². The summed E-state index contributed by atoms with van der Waals surface area (Å²) >= 11 is 0. The van der Waals surface area contributed by atoms with Crippen LogP contribution in [0.4, 0.5) is 0 Å². The van der Waals surface area contributed by atoms with E-state index < -0.39 is 7.12 Å². The number of para-hydroxylation sites is 1. The molecule has 0 amide bonds. The predicted octanol–water partition coefficient (Wildman–Crippen LogP) is 5.43. The van der Waals surface area contributed by atoms with Crippen LogP contribution in [0, 0.1) is 0 Å². The van der Waals surface area contributed by atoms with E-state index in [1.54, 1.807) is 6.07 Å². The third-order valence-corrected chi connectivity index (χ3v) is 6.20. The molecule has 1 heterocycles. The molecule has 32 heavy (non-hydrogen) atoms. The molecule has 2 N–H and O–H groups in total. The molecular weight excluding hydrogens is 393 g/mol. The second-order valence-corrected chi connectivity index (χ2v) is 9.38. The van der Waals surface area contributed by atoms with Crippen molar-refractivity contribution in [3.8, 4) is 16.8 Å². The zero-order valence-corrected chi connectivity index (χ0v) is 18.6. The highest BCUT2D eigenvalue weighted by molar-refractivity contribution is 6.59. The molecule has 0 radical (unpaired) electrons. The van der Waals surface area contributed by atoms with Gasteiger partial charge in [0, 0.05) is 16.5 Å². The van der Waals surface area contributed by atoms with Crippen LogP contribution in [0.15, 0.2) is 91.0 Å². The van der Waals surface area contributed by atoms with Crippen LogP contribution in [0.3, 0.4) is 0 Å². The standard InChI is InChI=1S/C28H26BNO2/c1-28(2,3)21-12-8-19(9-13-21)20-10-15-23(16-11-20)30-26-7-5-4-6-24(26)25-18-22(29(31)32)14-17-27(25)30/h4-18,31-32H,1-3H3. The van der Waals surface area contributed by atoms with E-state index >= 15 is 0 Å². The Bertz CT molecular complexity index is 1410. The van der Waals surface area contributed by atoms with Gasteiger partial charge in [-0.15, -0.1) is 0 Å². The second kappa shape index (κ2) is 7.66. The number of benzene rings is 4. The Labute approximate surface area is 188 Å². The number of fused-ring (bicyclic) bond motifs is 3. The average Bonchev–Trinajstić information content (AvgIpc) is 3.12. The zero-order valence-electron chi connectivity index (χ0n) is 18.6. The molecule has 0 saturated heterocycles. The fourth-order valence-electron chi connectivity index (χ4n) is 4.39. The normalized spacial score (nSPS) is 11.9. The zero-order chi connectivity index (χ0) is 22.5. The molecule has 4 heteroatoms. The largest absolute Gasteiger partial charge is 0.488 e. The first-order chi connectivity index (χ1) is 15.3. The van der Waals surface area contributed by atoms with Gasteiger partial charge in [0.1, 0.15) is 0 Å². The molecule has 4 aromatic carbocycles. The van der Waals surface area contributed by atoms with Crippen molar-refractivity contribution in [1.82, 2.24) is 4.57 Å². The predicted molar refractivity (Wildman–Crippen MR) is 135 cm³/mol. The van der Waals surface area contributed by atoms with E-state index in [9.17, 15) is 10.0 Å². The Hall–Kier alpha value is -3.34. The summed E-state index contributed by atoms with van der Waals surface area (Å²) in [5.74, 6) is 0. The smallest absolute Gasteiger partial charge is 0.423 e. The van der Waals surface area contributed by atoms with Crippen molar-refractivity contribution < 1.29 is 10.0 Å². The summed E-state index contributed by atoms with van der Waals surface area (Å²) in [4.78, 5) is 0. The van der Waals surface area contributed by atoms with Gasteiger partial charge in [0.2, 0.25) is 0 Å². The topological polar surface area (TPSA) is 45.4 Å². The van der Waals surface area contributed by atoms with Gasteiger partial charge in [-0.25, -0.2) is 0 Å². The van der Waals surface area contributed by atoms with Gasteiger partial charge in [0.25, 0.3) is 0 Å². The van der Waals surface area contributed by atoms with Gasteiger partial charge in [-0.05, 0) is 51.8 Å². The summed E-state index contributed by atoms with van der Waals surface area (Å²) in [7, 11) is -1.48. The van der Waals surface area contributed by atoms with Crippen LogP contribution < -0.4 is 5.46 Å². The first kappa shape index (κ1) is 20.6. The molecule has 0 unspecified atom stereocenters. The average molecular weight is 419 g/mol. The SMILES string of the molecule is CC(C)(C)c1ccc(-c2ccc(-n3c4ccccc4c4cc(B(O)O)ccc43)cc2)cc1. The van der Waals surface area contributed by atoms with Crippen molar-refractivity contribution in [3.63, 3.8) is 0 Å². The second-order valence-electron chi connectivity index (χ2n) is 9.38. The first-order valence-corrected chi connectivity index (χ1v) is 10.9. The van der Waals surface area contributed by atoms with E-state index in [-0.39, 0.29) is 5.41 Å². The fourth-order valence-corrected chi connectivity index (χ4v) is 4.39. The number of nitrogens with zero attached hydrogens (tertiary/aromatic N) is 1. The van der Waals surface area contributed by atoms with E-state index in [0.29, 0.717) is 5.46 Å². The molecule has 0 aliphatic heterocycles. The van der Waals surface area contributed by atoms with E-state index in [1.807, 2.05) is 24.3 Å². The van der Waals surface area contributed by atoms with Gasteiger partial charge in [0.05, 0.1) is 11.0 Å². The summed E-state index contributed by atoms with van der Waals surface area (Å²) < 4.78 is 2.23. The molecule has 5 aromatic rings. The van der Waals surface area contributed by atoms with Crippen LogP contribution in [-0.2, 0) is 5.41 Å². The lowest BCUT2D eigenvalue weighted by Gasteiger charge is -2.19. The van der Waals surface area contributed by atoms with E-state index in [4.69, 9.17) is 0 Å². The van der Waals surface area contributed by atoms with Gasteiger partial charge in [-0.3, -0.25) is 0 Å². The fraction of sp³-hybridized carbons (Fsp3) is 0.143. The van der Waals surface area contributed by atoms with Crippen LogP contribution in [0.25, 0.3) is 38.6 Å².